The third kappa shape index (κ3) is 1.64. The Morgan fingerprint density at radius 3 is 2.69 bits per heavy atom. The van der Waals surface area contributed by atoms with Crippen LogP contribution in [0.5, 0.6) is 0 Å². The molecule has 86 valence electrons. The van der Waals surface area contributed by atoms with Gasteiger partial charge in [-0.1, -0.05) is 11.6 Å². The zero-order chi connectivity index (χ0) is 11.9. The van der Waals surface area contributed by atoms with Gasteiger partial charge in [-0.15, -0.1) is 0 Å². The number of amides is 1. The number of nitrogens with one attached hydrogen (secondary N) is 2. The molecule has 1 aliphatic rings. The summed E-state index contributed by atoms with van der Waals surface area (Å²) < 4.78 is 0. The van der Waals surface area contributed by atoms with E-state index in [1.165, 1.54) is 0 Å². The highest BCUT2D eigenvalue weighted by atomic mass is 35.5. The van der Waals surface area contributed by atoms with Crippen molar-refractivity contribution in [1.82, 2.24) is 5.32 Å². The average Bonchev–Trinajstić information content (AvgIpc) is 2.51. The predicted molar refractivity (Wildman–Crippen MR) is 66.2 cm³/mol. The monoisotopic (exact) mass is 239 g/mol. The van der Waals surface area contributed by atoms with Gasteiger partial charge < -0.3 is 15.5 Å². The Kier molecular flexibility index (Phi) is 2.78. The van der Waals surface area contributed by atoms with Crippen LogP contribution in [0.4, 0.5) is 11.4 Å². The first-order chi connectivity index (χ1) is 7.54. The maximum atomic E-state index is 11.6. The van der Waals surface area contributed by atoms with Gasteiger partial charge in [0.05, 0.1) is 10.7 Å². The summed E-state index contributed by atoms with van der Waals surface area (Å²) in [7, 11) is 5.59. The highest BCUT2D eigenvalue weighted by Gasteiger charge is 2.30. The Bertz CT molecular complexity index is 445. The molecule has 4 nitrogen and oxygen atoms in total. The van der Waals surface area contributed by atoms with Crippen molar-refractivity contribution in [2.75, 3.05) is 31.4 Å². The lowest BCUT2D eigenvalue weighted by atomic mass is 10.1. The normalized spacial score (nSPS) is 18.2. The largest absolute Gasteiger partial charge is 0.376 e. The third-order valence-corrected chi connectivity index (χ3v) is 3.02. The Morgan fingerprint density at radius 1 is 1.44 bits per heavy atom. The van der Waals surface area contributed by atoms with Gasteiger partial charge in [0.2, 0.25) is 5.91 Å². The minimum Gasteiger partial charge on any atom is -0.376 e. The van der Waals surface area contributed by atoms with Gasteiger partial charge in [-0.2, -0.15) is 0 Å². The SMILES string of the molecule is CNC1C(=O)Nc2cc(N(C)C)c(Cl)cc21. The molecule has 0 bridgehead atoms. The fraction of sp³-hybridized carbons (Fsp3) is 0.364. The maximum absolute atomic E-state index is 11.6. The van der Waals surface area contributed by atoms with Gasteiger partial charge in [0, 0.05) is 25.3 Å². The second-order valence-corrected chi connectivity index (χ2v) is 4.40. The van der Waals surface area contributed by atoms with Crippen LogP contribution in [-0.4, -0.2) is 27.1 Å². The van der Waals surface area contributed by atoms with Crippen molar-refractivity contribution in [3.05, 3.63) is 22.7 Å². The number of fused-ring (bicyclic) bond motifs is 1. The van der Waals surface area contributed by atoms with Crippen molar-refractivity contribution in [1.29, 1.82) is 0 Å². The highest BCUT2D eigenvalue weighted by Crippen LogP contribution is 2.38. The number of rotatable bonds is 2. The molecule has 16 heavy (non-hydrogen) atoms. The molecule has 0 aliphatic carbocycles. The molecule has 0 fully saturated rings. The summed E-state index contributed by atoms with van der Waals surface area (Å²) in [5.41, 5.74) is 2.64. The number of anilines is 2. The van der Waals surface area contributed by atoms with Crippen molar-refractivity contribution < 1.29 is 4.79 Å². The summed E-state index contributed by atoms with van der Waals surface area (Å²) in [5, 5.41) is 6.45. The van der Waals surface area contributed by atoms with Gasteiger partial charge in [0.15, 0.2) is 0 Å². The topological polar surface area (TPSA) is 44.4 Å². The predicted octanol–water partition coefficient (Wildman–Crippen LogP) is 1.62. The molecule has 1 unspecified atom stereocenters. The molecule has 0 radical (unpaired) electrons. The molecule has 1 heterocycles. The zero-order valence-corrected chi connectivity index (χ0v) is 10.2. The molecule has 1 aromatic carbocycles. The lowest BCUT2D eigenvalue weighted by Crippen LogP contribution is -2.23. The third-order valence-electron chi connectivity index (χ3n) is 2.72. The van der Waals surface area contributed by atoms with E-state index < -0.39 is 0 Å². The van der Waals surface area contributed by atoms with Crippen LogP contribution >= 0.6 is 11.6 Å². The molecular formula is C11H14ClN3O. The van der Waals surface area contributed by atoms with E-state index in [4.69, 9.17) is 11.6 Å². The van der Waals surface area contributed by atoms with Crippen molar-refractivity contribution in [2.24, 2.45) is 0 Å². The number of hydrogen-bond acceptors (Lipinski definition) is 3. The maximum Gasteiger partial charge on any atom is 0.246 e. The summed E-state index contributed by atoms with van der Waals surface area (Å²) in [6.45, 7) is 0. The molecule has 2 N–H and O–H groups in total. The molecule has 5 heteroatoms. The van der Waals surface area contributed by atoms with E-state index in [-0.39, 0.29) is 11.9 Å². The fourth-order valence-corrected chi connectivity index (χ4v) is 2.24. The van der Waals surface area contributed by atoms with E-state index in [0.717, 1.165) is 16.9 Å². The van der Waals surface area contributed by atoms with Gasteiger partial charge in [-0.25, -0.2) is 0 Å². The quantitative estimate of drug-likeness (QED) is 0.825. The summed E-state index contributed by atoms with van der Waals surface area (Å²) in [6.07, 6.45) is 0. The van der Waals surface area contributed by atoms with Crippen molar-refractivity contribution in [3.8, 4) is 0 Å². The molecule has 2 rings (SSSR count). The second-order valence-electron chi connectivity index (χ2n) is 4.00. The molecule has 0 spiro atoms. The molecule has 0 saturated heterocycles. The van der Waals surface area contributed by atoms with Crippen LogP contribution < -0.4 is 15.5 Å². The number of carbonyl (C=O) groups excluding carboxylic acids is 1. The Balaban J connectivity index is 2.51. The van der Waals surface area contributed by atoms with Crippen LogP contribution in [0.25, 0.3) is 0 Å². The van der Waals surface area contributed by atoms with Gasteiger partial charge in [0.25, 0.3) is 0 Å². The summed E-state index contributed by atoms with van der Waals surface area (Å²) >= 11 is 6.16. The van der Waals surface area contributed by atoms with E-state index in [1.807, 2.05) is 31.1 Å². The highest BCUT2D eigenvalue weighted by molar-refractivity contribution is 6.33. The van der Waals surface area contributed by atoms with Crippen molar-refractivity contribution >= 4 is 28.9 Å². The first-order valence-corrected chi connectivity index (χ1v) is 5.41. The van der Waals surface area contributed by atoms with Crippen molar-refractivity contribution in [2.45, 2.75) is 6.04 Å². The summed E-state index contributed by atoms with van der Waals surface area (Å²) in [6, 6.07) is 3.43. The number of nitrogens with zero attached hydrogens (tertiary/aromatic N) is 1. The lowest BCUT2D eigenvalue weighted by molar-refractivity contribution is -0.117. The standard InChI is InChI=1S/C11H14ClN3O/c1-13-10-6-4-7(12)9(15(2)3)5-8(6)14-11(10)16/h4-5,10,13H,1-3H3,(H,14,16). The fourth-order valence-electron chi connectivity index (χ4n) is 1.90. The van der Waals surface area contributed by atoms with E-state index >= 15 is 0 Å². The Morgan fingerprint density at radius 2 is 2.12 bits per heavy atom. The summed E-state index contributed by atoms with van der Waals surface area (Å²) in [5.74, 6) is -0.0375. The van der Waals surface area contributed by atoms with Crippen LogP contribution in [0, 0.1) is 0 Å². The van der Waals surface area contributed by atoms with Gasteiger partial charge in [0.1, 0.15) is 6.04 Å². The lowest BCUT2D eigenvalue weighted by Gasteiger charge is -2.16. The van der Waals surface area contributed by atoms with E-state index in [9.17, 15) is 4.79 Å². The minimum atomic E-state index is -0.302. The van der Waals surface area contributed by atoms with Crippen LogP contribution in [0.3, 0.4) is 0 Å². The number of hydrogen-bond donors (Lipinski definition) is 2. The van der Waals surface area contributed by atoms with Crippen molar-refractivity contribution in [3.63, 3.8) is 0 Å². The molecule has 1 aliphatic heterocycles. The van der Waals surface area contributed by atoms with E-state index in [2.05, 4.69) is 10.6 Å². The molecule has 1 aromatic rings. The first-order valence-electron chi connectivity index (χ1n) is 5.03. The van der Waals surface area contributed by atoms with E-state index in [1.54, 1.807) is 7.05 Å². The van der Waals surface area contributed by atoms with Crippen LogP contribution in [0.1, 0.15) is 11.6 Å². The van der Waals surface area contributed by atoms with E-state index in [0.29, 0.717) is 5.02 Å². The number of likely N-dealkylation sites (N-methyl/N-ethyl adjacent to an activating group) is 1. The molecule has 1 atom stereocenters. The number of carbonyl (C=O) groups is 1. The molecule has 0 aromatic heterocycles. The molecular weight excluding hydrogens is 226 g/mol. The Labute approximate surface area is 99.6 Å². The number of halogens is 1. The zero-order valence-electron chi connectivity index (χ0n) is 9.47. The van der Waals surface area contributed by atoms with Gasteiger partial charge in [-0.05, 0) is 19.2 Å². The summed E-state index contributed by atoms with van der Waals surface area (Å²) in [4.78, 5) is 13.5. The first kappa shape index (κ1) is 11.2. The van der Waals surface area contributed by atoms with Gasteiger partial charge in [-0.3, -0.25) is 4.79 Å². The average molecular weight is 240 g/mol. The smallest absolute Gasteiger partial charge is 0.246 e. The van der Waals surface area contributed by atoms with Crippen LogP contribution in [-0.2, 0) is 4.79 Å². The molecule has 1 amide bonds. The van der Waals surface area contributed by atoms with Crippen LogP contribution in [0.15, 0.2) is 12.1 Å². The second kappa shape index (κ2) is 3.96. The number of benzene rings is 1. The molecule has 0 saturated carbocycles. The minimum absolute atomic E-state index is 0.0375. The Hall–Kier alpha value is -1.26. The van der Waals surface area contributed by atoms with Gasteiger partial charge >= 0.3 is 0 Å². The van der Waals surface area contributed by atoms with Crippen LogP contribution in [0.2, 0.25) is 5.02 Å².